The van der Waals surface area contributed by atoms with Crippen molar-refractivity contribution in [3.05, 3.63) is 83.2 Å². The third-order valence-corrected chi connectivity index (χ3v) is 5.32. The van der Waals surface area contributed by atoms with Crippen molar-refractivity contribution in [2.24, 2.45) is 0 Å². The van der Waals surface area contributed by atoms with Crippen LogP contribution in [0.3, 0.4) is 0 Å². The summed E-state index contributed by atoms with van der Waals surface area (Å²) in [5.41, 5.74) is 3.13. The van der Waals surface area contributed by atoms with Crippen molar-refractivity contribution in [1.29, 1.82) is 0 Å². The molecule has 1 aliphatic rings. The van der Waals surface area contributed by atoms with Crippen molar-refractivity contribution >= 4 is 5.57 Å². The van der Waals surface area contributed by atoms with Gasteiger partial charge in [0.1, 0.15) is 11.6 Å². The Kier molecular flexibility index (Phi) is 6.25. The second-order valence-corrected chi connectivity index (χ2v) is 7.19. The van der Waals surface area contributed by atoms with Crippen molar-refractivity contribution in [3.63, 3.8) is 0 Å². The summed E-state index contributed by atoms with van der Waals surface area (Å²) < 4.78 is 33.7. The van der Waals surface area contributed by atoms with Crippen LogP contribution in [0, 0.1) is 11.6 Å². The minimum Gasteiger partial charge on any atom is -0.383 e. The van der Waals surface area contributed by atoms with Gasteiger partial charge >= 0.3 is 0 Å². The maximum Gasteiger partial charge on any atom is 0.173 e. The van der Waals surface area contributed by atoms with Crippen molar-refractivity contribution in [2.75, 3.05) is 26.8 Å². The van der Waals surface area contributed by atoms with E-state index >= 15 is 0 Å². The number of hydrogen-bond donors (Lipinski definition) is 0. The molecule has 0 aliphatic carbocycles. The molecule has 0 spiro atoms. The molecule has 156 valence electrons. The first-order valence-corrected chi connectivity index (χ1v) is 9.85. The highest BCUT2D eigenvalue weighted by Crippen LogP contribution is 2.32. The summed E-state index contributed by atoms with van der Waals surface area (Å²) in [5, 5.41) is 12.2. The molecule has 3 aromatic rings. The lowest BCUT2D eigenvalue weighted by molar-refractivity contribution is 0.176. The molecule has 2 heterocycles. The van der Waals surface area contributed by atoms with Gasteiger partial charge < -0.3 is 4.74 Å². The lowest BCUT2D eigenvalue weighted by Gasteiger charge is -2.33. The number of ether oxygens (including phenoxy) is 1. The Hall–Kier alpha value is -2.97. The maximum atomic E-state index is 13.5. The molecule has 0 saturated carbocycles. The summed E-state index contributed by atoms with van der Waals surface area (Å²) in [6.45, 7) is 2.46. The fourth-order valence-corrected chi connectivity index (χ4v) is 3.76. The van der Waals surface area contributed by atoms with Crippen LogP contribution in [0.2, 0.25) is 0 Å². The van der Waals surface area contributed by atoms with Gasteiger partial charge in [-0.15, -0.1) is 5.10 Å². The zero-order valence-electron chi connectivity index (χ0n) is 16.7. The molecule has 1 aliphatic heterocycles. The van der Waals surface area contributed by atoms with Crippen LogP contribution in [-0.2, 0) is 11.3 Å². The summed E-state index contributed by atoms with van der Waals surface area (Å²) in [4.78, 5) is 2.26. The van der Waals surface area contributed by atoms with E-state index in [1.54, 1.807) is 36.1 Å². The number of halogens is 2. The fraction of sp³-hybridized carbons (Fsp3) is 0.318. The molecular weight excluding hydrogens is 388 g/mol. The molecule has 0 fully saturated rings. The Labute approximate surface area is 173 Å². The number of hydrogen-bond acceptors (Lipinski definition) is 5. The monoisotopic (exact) mass is 411 g/mol. The van der Waals surface area contributed by atoms with Crippen LogP contribution in [0.4, 0.5) is 8.78 Å². The summed E-state index contributed by atoms with van der Waals surface area (Å²) in [7, 11) is 1.63. The van der Waals surface area contributed by atoms with Gasteiger partial charge in [-0.3, -0.25) is 4.90 Å². The smallest absolute Gasteiger partial charge is 0.173 e. The number of aromatic nitrogens is 4. The quantitative estimate of drug-likeness (QED) is 0.596. The van der Waals surface area contributed by atoms with E-state index in [9.17, 15) is 8.78 Å². The molecule has 2 aromatic carbocycles. The third-order valence-electron chi connectivity index (χ3n) is 5.32. The Bertz CT molecular complexity index is 1000. The average Bonchev–Trinajstić information content (AvgIpc) is 3.23. The first kappa shape index (κ1) is 20.3. The number of tetrazole rings is 1. The fourth-order valence-electron chi connectivity index (χ4n) is 3.76. The molecule has 0 bridgehead atoms. The Morgan fingerprint density at radius 2 is 1.73 bits per heavy atom. The van der Waals surface area contributed by atoms with Crippen LogP contribution in [-0.4, -0.2) is 51.9 Å². The molecule has 6 nitrogen and oxygen atoms in total. The molecule has 0 saturated heterocycles. The Morgan fingerprint density at radius 1 is 1.03 bits per heavy atom. The highest BCUT2D eigenvalue weighted by atomic mass is 19.1. The highest BCUT2D eigenvalue weighted by molar-refractivity contribution is 5.66. The van der Waals surface area contributed by atoms with Gasteiger partial charge in [-0.2, -0.15) is 0 Å². The first-order chi connectivity index (χ1) is 14.7. The lowest BCUT2D eigenvalue weighted by atomic mass is 9.96. The average molecular weight is 411 g/mol. The van der Waals surface area contributed by atoms with Gasteiger partial charge in [0.25, 0.3) is 0 Å². The molecule has 30 heavy (non-hydrogen) atoms. The van der Waals surface area contributed by atoms with Crippen molar-refractivity contribution < 1.29 is 13.5 Å². The first-order valence-electron chi connectivity index (χ1n) is 9.85. The second kappa shape index (κ2) is 9.23. The zero-order valence-corrected chi connectivity index (χ0v) is 16.7. The Morgan fingerprint density at radius 3 is 2.37 bits per heavy atom. The standard InChI is InChI=1S/C22H23F2N5O/c1-30-15-14-29-22(25-26-27-29)21(18-4-8-20(24)9-5-18)28-12-10-17(11-13-28)16-2-6-19(23)7-3-16/h2-10,21H,11-15H2,1H3/t21-/m1/s1. The molecule has 0 radical (unpaired) electrons. The van der Waals surface area contributed by atoms with Gasteiger partial charge in [0.15, 0.2) is 5.82 Å². The molecule has 0 unspecified atom stereocenters. The van der Waals surface area contributed by atoms with Gasteiger partial charge in [-0.1, -0.05) is 30.3 Å². The van der Waals surface area contributed by atoms with Crippen molar-refractivity contribution in [1.82, 2.24) is 25.1 Å². The second-order valence-electron chi connectivity index (χ2n) is 7.19. The van der Waals surface area contributed by atoms with Gasteiger partial charge in [0.05, 0.1) is 19.2 Å². The van der Waals surface area contributed by atoms with Gasteiger partial charge in [0, 0.05) is 20.2 Å². The van der Waals surface area contributed by atoms with E-state index in [0.717, 1.165) is 24.1 Å². The summed E-state index contributed by atoms with van der Waals surface area (Å²) >= 11 is 0. The number of methoxy groups -OCH3 is 1. The molecule has 1 aromatic heterocycles. The Balaban J connectivity index is 1.63. The van der Waals surface area contributed by atoms with Crippen LogP contribution in [0.15, 0.2) is 54.6 Å². The number of benzene rings is 2. The summed E-state index contributed by atoms with van der Waals surface area (Å²) in [6.07, 6.45) is 2.96. The van der Waals surface area contributed by atoms with Crippen LogP contribution in [0.25, 0.3) is 5.57 Å². The molecule has 1 atom stereocenters. The number of rotatable bonds is 7. The molecular formula is C22H23F2N5O. The minimum atomic E-state index is -0.284. The van der Waals surface area contributed by atoms with Crippen LogP contribution < -0.4 is 0 Å². The van der Waals surface area contributed by atoms with E-state index in [1.807, 2.05) is 0 Å². The van der Waals surface area contributed by atoms with Crippen molar-refractivity contribution in [3.8, 4) is 0 Å². The molecule has 0 N–H and O–H groups in total. The lowest BCUT2D eigenvalue weighted by Crippen LogP contribution is -2.35. The summed E-state index contributed by atoms with van der Waals surface area (Å²) in [6, 6.07) is 12.8. The predicted octanol–water partition coefficient (Wildman–Crippen LogP) is 3.48. The van der Waals surface area contributed by atoms with E-state index in [1.165, 1.54) is 29.8 Å². The van der Waals surface area contributed by atoms with E-state index in [4.69, 9.17) is 4.74 Å². The van der Waals surface area contributed by atoms with E-state index in [2.05, 4.69) is 26.5 Å². The highest BCUT2D eigenvalue weighted by Gasteiger charge is 2.29. The van der Waals surface area contributed by atoms with Gasteiger partial charge in [-0.05, 0) is 57.8 Å². The topological polar surface area (TPSA) is 56.1 Å². The maximum absolute atomic E-state index is 13.5. The van der Waals surface area contributed by atoms with Gasteiger partial charge in [-0.25, -0.2) is 13.5 Å². The third kappa shape index (κ3) is 4.44. The van der Waals surface area contributed by atoms with Crippen LogP contribution in [0.5, 0.6) is 0 Å². The molecule has 0 amide bonds. The largest absolute Gasteiger partial charge is 0.383 e. The normalized spacial score (nSPS) is 15.8. The van der Waals surface area contributed by atoms with E-state index in [0.29, 0.717) is 25.5 Å². The van der Waals surface area contributed by atoms with Crippen LogP contribution >= 0.6 is 0 Å². The van der Waals surface area contributed by atoms with Gasteiger partial charge in [0.2, 0.25) is 0 Å². The summed E-state index contributed by atoms with van der Waals surface area (Å²) in [5.74, 6) is 0.168. The van der Waals surface area contributed by atoms with E-state index in [-0.39, 0.29) is 17.7 Å². The molecule has 8 heteroatoms. The SMILES string of the molecule is COCCn1nnnc1[C@@H](c1ccc(F)cc1)N1CC=C(c2ccc(F)cc2)CC1. The van der Waals surface area contributed by atoms with Crippen molar-refractivity contribution in [2.45, 2.75) is 19.0 Å². The zero-order chi connectivity index (χ0) is 20.9. The minimum absolute atomic E-state index is 0.219. The van der Waals surface area contributed by atoms with E-state index < -0.39 is 0 Å². The van der Waals surface area contributed by atoms with Crippen LogP contribution in [0.1, 0.15) is 29.4 Å². The number of nitrogens with zero attached hydrogens (tertiary/aromatic N) is 5. The molecule has 4 rings (SSSR count). The predicted molar refractivity (Wildman–Crippen MR) is 109 cm³/mol.